The van der Waals surface area contributed by atoms with Crippen molar-refractivity contribution >= 4 is 17.1 Å². The Kier molecular flexibility index (Phi) is 3.06. The van der Waals surface area contributed by atoms with Gasteiger partial charge in [-0.2, -0.15) is 0 Å². The Bertz CT molecular complexity index is 133. The third-order valence-electron chi connectivity index (χ3n) is 3.37. The number of hydrogen-bond acceptors (Lipinski definition) is 1. The average Bonchev–Trinajstić information content (AvgIpc) is 2.07. The summed E-state index contributed by atoms with van der Waals surface area (Å²) in [6.07, 6.45) is 7.78. The number of hydrogen-bond donors (Lipinski definition) is 0. The lowest BCUT2D eigenvalue weighted by atomic mass is 9.70. The van der Waals surface area contributed by atoms with Crippen LogP contribution in [0.2, 0.25) is 0 Å². The van der Waals surface area contributed by atoms with Gasteiger partial charge in [0.15, 0.2) is 0 Å². The molecule has 0 unspecified atom stereocenters. The third-order valence-corrected chi connectivity index (χ3v) is 3.78. The summed E-state index contributed by atoms with van der Waals surface area (Å²) in [7, 11) is 0. The monoisotopic (exact) mass is 170 g/mol. The van der Waals surface area contributed by atoms with Crippen molar-refractivity contribution in [1.29, 1.82) is 0 Å². The van der Waals surface area contributed by atoms with E-state index < -0.39 is 0 Å². The molecule has 0 radical (unpaired) electrons. The molecule has 0 N–H and O–H groups in total. The van der Waals surface area contributed by atoms with E-state index in [2.05, 4.69) is 13.8 Å². The highest BCUT2D eigenvalue weighted by molar-refractivity contribution is 7.80. The highest BCUT2D eigenvalue weighted by Gasteiger charge is 2.29. The van der Waals surface area contributed by atoms with Gasteiger partial charge in [0.25, 0.3) is 0 Å². The standard InChI is InChI=1S/C10H18S/c1-3-10(4-2)7-5-9(11)6-8-10/h3-8H2,1-2H3. The van der Waals surface area contributed by atoms with Gasteiger partial charge in [0.2, 0.25) is 0 Å². The van der Waals surface area contributed by atoms with E-state index in [0.29, 0.717) is 5.41 Å². The quantitative estimate of drug-likeness (QED) is 0.569. The number of rotatable bonds is 2. The van der Waals surface area contributed by atoms with Crippen molar-refractivity contribution < 1.29 is 0 Å². The van der Waals surface area contributed by atoms with Crippen LogP contribution >= 0.6 is 12.2 Å². The van der Waals surface area contributed by atoms with Gasteiger partial charge < -0.3 is 0 Å². The van der Waals surface area contributed by atoms with Gasteiger partial charge in [-0.15, -0.1) is 0 Å². The van der Waals surface area contributed by atoms with Crippen LogP contribution in [0.1, 0.15) is 52.4 Å². The molecule has 0 aromatic carbocycles. The normalized spacial score (nSPS) is 23.6. The maximum absolute atomic E-state index is 5.20. The fourth-order valence-electron chi connectivity index (χ4n) is 2.02. The molecule has 0 bridgehead atoms. The molecule has 0 amide bonds. The molecule has 1 aliphatic carbocycles. The molecule has 1 aliphatic rings. The van der Waals surface area contributed by atoms with Crippen molar-refractivity contribution in [2.45, 2.75) is 52.4 Å². The van der Waals surface area contributed by atoms with Gasteiger partial charge in [-0.25, -0.2) is 0 Å². The highest BCUT2D eigenvalue weighted by Crippen LogP contribution is 2.40. The molecule has 0 atom stereocenters. The molecule has 64 valence electrons. The van der Waals surface area contributed by atoms with Crippen LogP contribution in [0.3, 0.4) is 0 Å². The molecule has 1 heteroatoms. The van der Waals surface area contributed by atoms with Crippen LogP contribution in [0.4, 0.5) is 0 Å². The van der Waals surface area contributed by atoms with E-state index in [1.165, 1.54) is 43.4 Å². The Labute approximate surface area is 75.4 Å². The van der Waals surface area contributed by atoms with E-state index in [1.807, 2.05) is 0 Å². The molecule has 0 spiro atoms. The van der Waals surface area contributed by atoms with Crippen molar-refractivity contribution in [2.75, 3.05) is 0 Å². The van der Waals surface area contributed by atoms with Crippen LogP contribution in [0.25, 0.3) is 0 Å². The minimum Gasteiger partial charge on any atom is -0.0897 e. The van der Waals surface area contributed by atoms with Crippen LogP contribution in [-0.4, -0.2) is 4.86 Å². The van der Waals surface area contributed by atoms with Crippen LogP contribution in [0.15, 0.2) is 0 Å². The first-order valence-corrected chi connectivity index (χ1v) is 5.15. The topological polar surface area (TPSA) is 0 Å². The zero-order valence-electron chi connectivity index (χ0n) is 7.65. The van der Waals surface area contributed by atoms with Crippen molar-refractivity contribution in [3.63, 3.8) is 0 Å². The molecule has 0 nitrogen and oxygen atoms in total. The van der Waals surface area contributed by atoms with Crippen LogP contribution in [0, 0.1) is 5.41 Å². The minimum atomic E-state index is 0.655. The van der Waals surface area contributed by atoms with Crippen LogP contribution in [-0.2, 0) is 0 Å². The molecule has 1 rings (SSSR count). The van der Waals surface area contributed by atoms with Gasteiger partial charge >= 0.3 is 0 Å². The summed E-state index contributed by atoms with van der Waals surface area (Å²) in [5.41, 5.74) is 0.655. The zero-order valence-corrected chi connectivity index (χ0v) is 8.47. The molecule has 0 aromatic heterocycles. The Balaban J connectivity index is 2.52. The third kappa shape index (κ3) is 2.02. The Morgan fingerprint density at radius 1 is 1.18 bits per heavy atom. The van der Waals surface area contributed by atoms with E-state index in [0.717, 1.165) is 0 Å². The van der Waals surface area contributed by atoms with Gasteiger partial charge in [0.1, 0.15) is 0 Å². The van der Waals surface area contributed by atoms with Crippen molar-refractivity contribution in [3.05, 3.63) is 0 Å². The molecular formula is C10H18S. The fraction of sp³-hybridized carbons (Fsp3) is 0.900. The maximum Gasteiger partial charge on any atom is -0.00711 e. The van der Waals surface area contributed by atoms with Crippen LogP contribution in [0.5, 0.6) is 0 Å². The number of thiocarbonyl (C=S) groups is 1. The second kappa shape index (κ2) is 3.66. The van der Waals surface area contributed by atoms with E-state index in [1.54, 1.807) is 0 Å². The molecule has 0 heterocycles. The Morgan fingerprint density at radius 2 is 1.64 bits per heavy atom. The van der Waals surface area contributed by atoms with E-state index in [9.17, 15) is 0 Å². The molecule has 1 saturated carbocycles. The summed E-state index contributed by atoms with van der Waals surface area (Å²) < 4.78 is 0. The minimum absolute atomic E-state index is 0.655. The van der Waals surface area contributed by atoms with Crippen molar-refractivity contribution in [1.82, 2.24) is 0 Å². The Hall–Kier alpha value is 0.0900. The molecule has 1 fully saturated rings. The molecular weight excluding hydrogens is 152 g/mol. The van der Waals surface area contributed by atoms with Crippen molar-refractivity contribution in [2.24, 2.45) is 5.41 Å². The van der Waals surface area contributed by atoms with Gasteiger partial charge in [0.05, 0.1) is 0 Å². The first kappa shape index (κ1) is 9.18. The van der Waals surface area contributed by atoms with Gasteiger partial charge in [-0.1, -0.05) is 38.9 Å². The summed E-state index contributed by atoms with van der Waals surface area (Å²) in [6.45, 7) is 4.63. The second-order valence-electron chi connectivity index (χ2n) is 3.75. The summed E-state index contributed by atoms with van der Waals surface area (Å²) >= 11 is 5.20. The molecule has 0 aromatic rings. The van der Waals surface area contributed by atoms with E-state index in [-0.39, 0.29) is 0 Å². The first-order chi connectivity index (χ1) is 5.22. The molecule has 0 saturated heterocycles. The smallest absolute Gasteiger partial charge is 0.00711 e. The lowest BCUT2D eigenvalue weighted by molar-refractivity contribution is 0.215. The van der Waals surface area contributed by atoms with Gasteiger partial charge in [-0.3, -0.25) is 0 Å². The lowest BCUT2D eigenvalue weighted by Crippen LogP contribution is -2.25. The average molecular weight is 170 g/mol. The summed E-state index contributed by atoms with van der Waals surface area (Å²) in [5.74, 6) is 0. The van der Waals surface area contributed by atoms with Crippen LogP contribution < -0.4 is 0 Å². The summed E-state index contributed by atoms with van der Waals surface area (Å²) in [4.78, 5) is 1.31. The zero-order chi connectivity index (χ0) is 8.32. The fourth-order valence-corrected chi connectivity index (χ4v) is 2.22. The van der Waals surface area contributed by atoms with E-state index >= 15 is 0 Å². The second-order valence-corrected chi connectivity index (χ2v) is 4.32. The first-order valence-electron chi connectivity index (χ1n) is 4.74. The van der Waals surface area contributed by atoms with E-state index in [4.69, 9.17) is 12.2 Å². The summed E-state index contributed by atoms with van der Waals surface area (Å²) in [6, 6.07) is 0. The SMILES string of the molecule is CCC1(CC)CCC(=S)CC1. The maximum atomic E-state index is 5.20. The summed E-state index contributed by atoms with van der Waals surface area (Å²) in [5, 5.41) is 0. The van der Waals surface area contributed by atoms with Gasteiger partial charge in [-0.05, 0) is 36.0 Å². The van der Waals surface area contributed by atoms with Crippen molar-refractivity contribution in [3.8, 4) is 0 Å². The molecule has 0 aliphatic heterocycles. The lowest BCUT2D eigenvalue weighted by Gasteiger charge is -2.35. The highest BCUT2D eigenvalue weighted by atomic mass is 32.1. The predicted molar refractivity (Wildman–Crippen MR) is 54.1 cm³/mol. The predicted octanol–water partition coefficient (Wildman–Crippen LogP) is 3.74. The Morgan fingerprint density at radius 3 is 2.00 bits per heavy atom. The largest absolute Gasteiger partial charge is 0.0897 e. The molecule has 11 heavy (non-hydrogen) atoms. The van der Waals surface area contributed by atoms with Gasteiger partial charge in [0, 0.05) is 0 Å².